The minimum Gasteiger partial charge on any atom is -0.363 e. The molecule has 0 bridgehead atoms. The molecule has 0 fully saturated rings. The van der Waals surface area contributed by atoms with E-state index in [2.05, 4.69) is 25.2 Å². The highest BCUT2D eigenvalue weighted by Gasteiger charge is 2.16. The van der Waals surface area contributed by atoms with Gasteiger partial charge in [-0.15, -0.1) is 10.2 Å². The molecule has 2 aromatic rings. The predicted molar refractivity (Wildman–Crippen MR) is 73.2 cm³/mol. The highest BCUT2D eigenvalue weighted by molar-refractivity contribution is 7.89. The third-order valence-corrected chi connectivity index (χ3v) is 4.20. The minimum absolute atomic E-state index is 0.104. The SMILES string of the molecule is CCNCc1cc(S(=O)(=O)NCc2nncn2C)c[nH]1. The molecule has 0 aliphatic carbocycles. The number of aromatic amines is 1. The van der Waals surface area contributed by atoms with Gasteiger partial charge in [-0.3, -0.25) is 0 Å². The number of aryl methyl sites for hydroxylation is 1. The molecule has 0 aliphatic heterocycles. The highest BCUT2D eigenvalue weighted by Crippen LogP contribution is 2.11. The van der Waals surface area contributed by atoms with Gasteiger partial charge < -0.3 is 14.9 Å². The molecule has 0 atom stereocenters. The molecule has 0 saturated heterocycles. The first kappa shape index (κ1) is 14.7. The second-order valence-electron chi connectivity index (χ2n) is 4.32. The van der Waals surface area contributed by atoms with Crippen LogP contribution in [0.2, 0.25) is 0 Å². The van der Waals surface area contributed by atoms with Crippen LogP contribution in [0.25, 0.3) is 0 Å². The van der Waals surface area contributed by atoms with Crippen LogP contribution >= 0.6 is 0 Å². The van der Waals surface area contributed by atoms with Crippen molar-refractivity contribution < 1.29 is 8.42 Å². The third kappa shape index (κ3) is 3.44. The predicted octanol–water partition coefficient (Wildman–Crippen LogP) is -0.269. The van der Waals surface area contributed by atoms with Crippen molar-refractivity contribution >= 4 is 10.0 Å². The summed E-state index contributed by atoms with van der Waals surface area (Å²) in [6.45, 7) is 3.52. The normalized spacial score (nSPS) is 11.9. The smallest absolute Gasteiger partial charge is 0.242 e. The van der Waals surface area contributed by atoms with Crippen molar-refractivity contribution in [2.45, 2.75) is 24.9 Å². The van der Waals surface area contributed by atoms with Gasteiger partial charge >= 0.3 is 0 Å². The lowest BCUT2D eigenvalue weighted by atomic mass is 10.4. The average molecular weight is 298 g/mol. The Kier molecular flexibility index (Phi) is 4.53. The Bertz CT molecular complexity index is 660. The summed E-state index contributed by atoms with van der Waals surface area (Å²) in [7, 11) is -1.79. The Morgan fingerprint density at radius 1 is 1.40 bits per heavy atom. The minimum atomic E-state index is -3.55. The van der Waals surface area contributed by atoms with Crippen LogP contribution in [-0.4, -0.2) is 34.7 Å². The van der Waals surface area contributed by atoms with Crippen LogP contribution in [0.1, 0.15) is 18.4 Å². The molecule has 2 rings (SSSR count). The summed E-state index contributed by atoms with van der Waals surface area (Å²) < 4.78 is 28.4. The first-order valence-electron chi connectivity index (χ1n) is 6.23. The van der Waals surface area contributed by atoms with Crippen molar-refractivity contribution in [2.75, 3.05) is 6.54 Å². The first-order chi connectivity index (χ1) is 9.53. The van der Waals surface area contributed by atoms with Gasteiger partial charge in [-0.2, -0.15) is 0 Å². The maximum atomic E-state index is 12.1. The lowest BCUT2D eigenvalue weighted by Crippen LogP contribution is -2.24. The van der Waals surface area contributed by atoms with Crippen molar-refractivity contribution in [2.24, 2.45) is 7.05 Å². The van der Waals surface area contributed by atoms with E-state index in [0.29, 0.717) is 12.4 Å². The van der Waals surface area contributed by atoms with Crippen LogP contribution in [0.15, 0.2) is 23.5 Å². The zero-order valence-corrected chi connectivity index (χ0v) is 12.2. The molecular formula is C11H18N6O2S. The standard InChI is InChI=1S/C11H18N6O2S/c1-3-12-5-9-4-10(6-13-9)20(18,19)15-7-11-16-14-8-17(11)2/h4,6,8,12-13,15H,3,5,7H2,1-2H3. The molecule has 8 nitrogen and oxygen atoms in total. The summed E-state index contributed by atoms with van der Waals surface area (Å²) in [6.07, 6.45) is 3.00. The van der Waals surface area contributed by atoms with Gasteiger partial charge in [0.05, 0.1) is 11.4 Å². The Morgan fingerprint density at radius 3 is 2.85 bits per heavy atom. The molecule has 0 aromatic carbocycles. The van der Waals surface area contributed by atoms with E-state index in [-0.39, 0.29) is 11.4 Å². The fourth-order valence-corrected chi connectivity index (χ4v) is 2.64. The maximum Gasteiger partial charge on any atom is 0.242 e. The van der Waals surface area contributed by atoms with Crippen LogP contribution in [0.4, 0.5) is 0 Å². The molecule has 0 amide bonds. The number of nitrogens with zero attached hydrogens (tertiary/aromatic N) is 3. The Hall–Kier alpha value is -1.71. The van der Waals surface area contributed by atoms with Crippen molar-refractivity contribution in [3.63, 3.8) is 0 Å². The van der Waals surface area contributed by atoms with Gasteiger partial charge in [0.1, 0.15) is 12.2 Å². The molecule has 2 heterocycles. The quantitative estimate of drug-likeness (QED) is 0.653. The van der Waals surface area contributed by atoms with Crippen molar-refractivity contribution in [1.82, 2.24) is 29.8 Å². The number of nitrogens with one attached hydrogen (secondary N) is 3. The van der Waals surface area contributed by atoms with Gasteiger partial charge in [-0.05, 0) is 12.6 Å². The summed E-state index contributed by atoms with van der Waals surface area (Å²) in [6, 6.07) is 1.61. The molecule has 0 spiro atoms. The Morgan fingerprint density at radius 2 is 2.20 bits per heavy atom. The molecular weight excluding hydrogens is 280 g/mol. The third-order valence-electron chi connectivity index (χ3n) is 2.82. The molecule has 0 unspecified atom stereocenters. The molecule has 3 N–H and O–H groups in total. The van der Waals surface area contributed by atoms with E-state index in [1.165, 1.54) is 12.5 Å². The van der Waals surface area contributed by atoms with Crippen LogP contribution in [-0.2, 0) is 30.2 Å². The van der Waals surface area contributed by atoms with Crippen LogP contribution in [0, 0.1) is 0 Å². The topological polar surface area (TPSA) is 105 Å². The molecule has 9 heteroatoms. The maximum absolute atomic E-state index is 12.1. The van der Waals surface area contributed by atoms with Crippen molar-refractivity contribution in [1.29, 1.82) is 0 Å². The van der Waals surface area contributed by atoms with E-state index in [9.17, 15) is 8.42 Å². The molecule has 0 radical (unpaired) electrons. The zero-order valence-electron chi connectivity index (χ0n) is 11.4. The summed E-state index contributed by atoms with van der Waals surface area (Å²) >= 11 is 0. The van der Waals surface area contributed by atoms with Crippen LogP contribution in [0.5, 0.6) is 0 Å². The van der Waals surface area contributed by atoms with E-state index in [0.717, 1.165) is 12.2 Å². The van der Waals surface area contributed by atoms with E-state index in [1.807, 2.05) is 6.92 Å². The molecule has 20 heavy (non-hydrogen) atoms. The Balaban J connectivity index is 2.03. The van der Waals surface area contributed by atoms with E-state index in [1.54, 1.807) is 17.7 Å². The van der Waals surface area contributed by atoms with Gasteiger partial charge in [0.25, 0.3) is 0 Å². The van der Waals surface area contributed by atoms with Gasteiger partial charge in [-0.25, -0.2) is 13.1 Å². The summed E-state index contributed by atoms with van der Waals surface area (Å²) in [5.74, 6) is 0.553. The van der Waals surface area contributed by atoms with Crippen molar-refractivity contribution in [3.8, 4) is 0 Å². The largest absolute Gasteiger partial charge is 0.363 e. The number of H-pyrrole nitrogens is 1. The fourth-order valence-electron chi connectivity index (χ4n) is 1.65. The van der Waals surface area contributed by atoms with Gasteiger partial charge in [-0.1, -0.05) is 6.92 Å². The van der Waals surface area contributed by atoms with Crippen LogP contribution < -0.4 is 10.0 Å². The summed E-state index contributed by atoms with van der Waals surface area (Å²) in [5, 5.41) is 10.6. The second kappa shape index (κ2) is 6.16. The lowest BCUT2D eigenvalue weighted by molar-refractivity contribution is 0.577. The molecule has 0 saturated carbocycles. The number of sulfonamides is 1. The van der Waals surface area contributed by atoms with Crippen molar-refractivity contribution in [3.05, 3.63) is 30.1 Å². The van der Waals surface area contributed by atoms with Gasteiger partial charge in [0.15, 0.2) is 0 Å². The highest BCUT2D eigenvalue weighted by atomic mass is 32.2. The van der Waals surface area contributed by atoms with Crippen LogP contribution in [0.3, 0.4) is 0 Å². The number of hydrogen-bond acceptors (Lipinski definition) is 5. The summed E-state index contributed by atoms with van der Waals surface area (Å²) in [5.41, 5.74) is 0.825. The van der Waals surface area contributed by atoms with E-state index in [4.69, 9.17) is 0 Å². The summed E-state index contributed by atoms with van der Waals surface area (Å²) in [4.78, 5) is 3.15. The zero-order chi connectivity index (χ0) is 14.6. The molecule has 0 aliphatic rings. The second-order valence-corrected chi connectivity index (χ2v) is 6.09. The molecule has 110 valence electrons. The fraction of sp³-hybridized carbons (Fsp3) is 0.455. The Labute approximate surface area is 117 Å². The number of rotatable bonds is 7. The monoisotopic (exact) mass is 298 g/mol. The van der Waals surface area contributed by atoms with Gasteiger partial charge in [0.2, 0.25) is 10.0 Å². The lowest BCUT2D eigenvalue weighted by Gasteiger charge is -2.04. The first-order valence-corrected chi connectivity index (χ1v) is 7.72. The van der Waals surface area contributed by atoms with E-state index < -0.39 is 10.0 Å². The number of aromatic nitrogens is 4. The number of hydrogen-bond donors (Lipinski definition) is 3. The average Bonchev–Trinajstić information content (AvgIpc) is 3.03. The van der Waals surface area contributed by atoms with E-state index >= 15 is 0 Å². The molecule has 2 aromatic heterocycles. The van der Waals surface area contributed by atoms with Gasteiger partial charge in [0, 0.05) is 25.5 Å².